The molecule has 0 aliphatic carbocycles. The number of para-hydroxylation sites is 1. The molecule has 2 heterocycles. The molecule has 1 amide bonds. The number of benzene rings is 1. The van der Waals surface area contributed by atoms with Crippen molar-refractivity contribution >= 4 is 28.1 Å². The second-order valence-electron chi connectivity index (χ2n) is 5.83. The molecule has 1 aliphatic heterocycles. The van der Waals surface area contributed by atoms with Crippen LogP contribution in [0, 0.1) is 5.92 Å². The molecule has 1 fully saturated rings. The van der Waals surface area contributed by atoms with E-state index in [4.69, 9.17) is 0 Å². The molecule has 122 valence electrons. The third-order valence-corrected chi connectivity index (χ3v) is 5.02. The molecule has 3 rings (SSSR count). The van der Waals surface area contributed by atoms with E-state index in [2.05, 4.69) is 15.6 Å². The van der Waals surface area contributed by atoms with Crippen molar-refractivity contribution in [3.63, 3.8) is 0 Å². The number of amides is 1. The lowest BCUT2D eigenvalue weighted by Crippen LogP contribution is -2.38. The maximum absolute atomic E-state index is 12.3. The summed E-state index contributed by atoms with van der Waals surface area (Å²) in [6, 6.07) is 10.0. The summed E-state index contributed by atoms with van der Waals surface area (Å²) in [5, 5.41) is 9.01. The fourth-order valence-electron chi connectivity index (χ4n) is 2.71. The van der Waals surface area contributed by atoms with Crippen molar-refractivity contribution in [2.45, 2.75) is 12.8 Å². The normalized spacial score (nSPS) is 17.7. The minimum absolute atomic E-state index is 0.0838. The summed E-state index contributed by atoms with van der Waals surface area (Å²) in [4.78, 5) is 18.7. The summed E-state index contributed by atoms with van der Waals surface area (Å²) in [6.07, 6.45) is 2.36. The second-order valence-corrected chi connectivity index (χ2v) is 6.67. The Kier molecular flexibility index (Phi) is 5.25. The van der Waals surface area contributed by atoms with E-state index in [0.717, 1.165) is 23.9 Å². The molecule has 2 N–H and O–H groups in total. The van der Waals surface area contributed by atoms with Gasteiger partial charge in [-0.2, -0.15) is 0 Å². The van der Waals surface area contributed by atoms with Gasteiger partial charge in [0.05, 0.1) is 0 Å². The van der Waals surface area contributed by atoms with Gasteiger partial charge in [-0.15, -0.1) is 11.3 Å². The number of hydrogen-bond acceptors (Lipinski definition) is 5. The number of carbonyl (C=O) groups is 1. The summed E-state index contributed by atoms with van der Waals surface area (Å²) in [6.45, 7) is 2.79. The van der Waals surface area contributed by atoms with E-state index >= 15 is 0 Å². The van der Waals surface area contributed by atoms with Gasteiger partial charge in [0.25, 0.3) is 5.91 Å². The number of nitrogens with one attached hydrogen (secondary N) is 2. The minimum Gasteiger partial charge on any atom is -0.350 e. The number of piperidine rings is 1. The number of carbonyl (C=O) groups excluding carboxylic acids is 1. The molecular weight excluding hydrogens is 308 g/mol. The van der Waals surface area contributed by atoms with Gasteiger partial charge in [0, 0.05) is 24.7 Å². The Hall–Kier alpha value is -1.92. The highest BCUT2D eigenvalue weighted by Crippen LogP contribution is 2.26. The van der Waals surface area contributed by atoms with Gasteiger partial charge in [-0.3, -0.25) is 4.79 Å². The van der Waals surface area contributed by atoms with Gasteiger partial charge in [-0.05, 0) is 44.0 Å². The highest BCUT2D eigenvalue weighted by atomic mass is 32.1. The molecule has 5 nitrogen and oxygen atoms in total. The van der Waals surface area contributed by atoms with Crippen molar-refractivity contribution in [2.24, 2.45) is 5.92 Å². The van der Waals surface area contributed by atoms with E-state index in [1.807, 2.05) is 47.7 Å². The molecule has 0 unspecified atom stereocenters. The Morgan fingerprint density at radius 2 is 2.26 bits per heavy atom. The molecule has 1 aromatic heterocycles. The fraction of sp³-hybridized carbons (Fsp3) is 0.412. The van der Waals surface area contributed by atoms with Gasteiger partial charge in [0.1, 0.15) is 5.69 Å². The molecule has 6 heteroatoms. The first-order valence-electron chi connectivity index (χ1n) is 7.97. The lowest BCUT2D eigenvalue weighted by atomic mass is 10.00. The van der Waals surface area contributed by atoms with Crippen LogP contribution in [0.1, 0.15) is 23.3 Å². The molecular formula is C17H22N4OS. The first-order chi connectivity index (χ1) is 11.2. The van der Waals surface area contributed by atoms with E-state index in [1.165, 1.54) is 24.2 Å². The number of aromatic nitrogens is 1. The molecule has 0 bridgehead atoms. The maximum Gasteiger partial charge on any atom is 0.270 e. The van der Waals surface area contributed by atoms with E-state index in [-0.39, 0.29) is 5.91 Å². The standard InChI is InChI=1S/C17H22N4OS/c1-21(14-7-3-2-4-8-14)17-20-15(12-23-17)16(22)19-11-13-6-5-9-18-10-13/h2-4,7-8,12-13,18H,5-6,9-11H2,1H3,(H,19,22)/t13-/m0/s1. The average molecular weight is 330 g/mol. The minimum atomic E-state index is -0.0838. The van der Waals surface area contributed by atoms with Crippen LogP contribution >= 0.6 is 11.3 Å². The van der Waals surface area contributed by atoms with Crippen molar-refractivity contribution in [1.82, 2.24) is 15.6 Å². The topological polar surface area (TPSA) is 57.3 Å². The zero-order valence-electron chi connectivity index (χ0n) is 13.3. The number of hydrogen-bond donors (Lipinski definition) is 2. The third kappa shape index (κ3) is 4.09. The zero-order chi connectivity index (χ0) is 16.1. The maximum atomic E-state index is 12.3. The summed E-state index contributed by atoms with van der Waals surface area (Å²) in [5.74, 6) is 0.442. The van der Waals surface area contributed by atoms with E-state index in [9.17, 15) is 4.79 Å². The monoisotopic (exact) mass is 330 g/mol. The van der Waals surface area contributed by atoms with Crippen molar-refractivity contribution in [3.8, 4) is 0 Å². The summed E-state index contributed by atoms with van der Waals surface area (Å²) in [5.41, 5.74) is 1.55. The number of nitrogens with zero attached hydrogens (tertiary/aromatic N) is 2. The van der Waals surface area contributed by atoms with Crippen LogP contribution in [0.25, 0.3) is 0 Å². The van der Waals surface area contributed by atoms with Crippen LogP contribution in [0.4, 0.5) is 10.8 Å². The van der Waals surface area contributed by atoms with Crippen LogP contribution in [0.15, 0.2) is 35.7 Å². The second kappa shape index (κ2) is 7.57. The number of rotatable bonds is 5. The van der Waals surface area contributed by atoms with E-state index in [1.54, 1.807) is 0 Å². The van der Waals surface area contributed by atoms with Crippen LogP contribution in [0.5, 0.6) is 0 Å². The summed E-state index contributed by atoms with van der Waals surface area (Å²) < 4.78 is 0. The smallest absolute Gasteiger partial charge is 0.270 e. The highest BCUT2D eigenvalue weighted by Gasteiger charge is 2.17. The Morgan fingerprint density at radius 1 is 1.43 bits per heavy atom. The molecule has 1 saturated heterocycles. The Balaban J connectivity index is 1.58. The average Bonchev–Trinajstić information content (AvgIpc) is 3.11. The van der Waals surface area contributed by atoms with Crippen LogP contribution in [-0.4, -0.2) is 37.6 Å². The lowest BCUT2D eigenvalue weighted by molar-refractivity contribution is 0.0940. The van der Waals surface area contributed by atoms with Crippen LogP contribution in [0.3, 0.4) is 0 Å². The molecule has 1 atom stereocenters. The molecule has 0 saturated carbocycles. The highest BCUT2D eigenvalue weighted by molar-refractivity contribution is 7.14. The van der Waals surface area contributed by atoms with Crippen molar-refractivity contribution in [2.75, 3.05) is 31.6 Å². The number of anilines is 2. The Morgan fingerprint density at radius 3 is 3.00 bits per heavy atom. The van der Waals surface area contributed by atoms with Gasteiger partial charge in [-0.25, -0.2) is 4.98 Å². The molecule has 1 aromatic carbocycles. The quantitative estimate of drug-likeness (QED) is 0.885. The van der Waals surface area contributed by atoms with Crippen LogP contribution in [0.2, 0.25) is 0 Å². The van der Waals surface area contributed by atoms with Gasteiger partial charge >= 0.3 is 0 Å². The SMILES string of the molecule is CN(c1ccccc1)c1nc(C(=O)NC[C@H]2CCCNC2)cs1. The van der Waals surface area contributed by atoms with Gasteiger partial charge in [0.15, 0.2) is 5.13 Å². The zero-order valence-corrected chi connectivity index (χ0v) is 14.1. The molecule has 0 spiro atoms. The Labute approximate surface area is 140 Å². The molecule has 2 aromatic rings. The third-order valence-electron chi connectivity index (χ3n) is 4.11. The summed E-state index contributed by atoms with van der Waals surface area (Å²) in [7, 11) is 1.96. The van der Waals surface area contributed by atoms with Crippen molar-refractivity contribution in [1.29, 1.82) is 0 Å². The first-order valence-corrected chi connectivity index (χ1v) is 8.85. The van der Waals surface area contributed by atoms with Gasteiger partial charge < -0.3 is 15.5 Å². The van der Waals surface area contributed by atoms with E-state index < -0.39 is 0 Å². The van der Waals surface area contributed by atoms with Crippen LogP contribution < -0.4 is 15.5 Å². The van der Waals surface area contributed by atoms with Crippen LogP contribution in [-0.2, 0) is 0 Å². The largest absolute Gasteiger partial charge is 0.350 e. The van der Waals surface area contributed by atoms with Crippen molar-refractivity contribution < 1.29 is 4.79 Å². The first kappa shape index (κ1) is 16.0. The van der Waals surface area contributed by atoms with Gasteiger partial charge in [-0.1, -0.05) is 18.2 Å². The van der Waals surface area contributed by atoms with Crippen molar-refractivity contribution in [3.05, 3.63) is 41.4 Å². The molecule has 0 radical (unpaired) electrons. The van der Waals surface area contributed by atoms with Gasteiger partial charge in [0.2, 0.25) is 0 Å². The van der Waals surface area contributed by atoms with E-state index in [0.29, 0.717) is 18.2 Å². The molecule has 23 heavy (non-hydrogen) atoms. The number of thiazole rings is 1. The lowest BCUT2D eigenvalue weighted by Gasteiger charge is -2.22. The fourth-order valence-corrected chi connectivity index (χ4v) is 3.50. The molecule has 1 aliphatic rings. The predicted molar refractivity (Wildman–Crippen MR) is 94.5 cm³/mol. The Bertz CT molecular complexity index is 637. The predicted octanol–water partition coefficient (Wildman–Crippen LogP) is 2.64. The summed E-state index contributed by atoms with van der Waals surface area (Å²) >= 11 is 1.48.